The number of aryl methyl sites for hydroxylation is 2. The van der Waals surface area contributed by atoms with Crippen LogP contribution in [-0.2, 0) is 25.1 Å². The molecule has 0 spiro atoms. The first-order valence-corrected chi connectivity index (χ1v) is 10.6. The molecule has 31 heavy (non-hydrogen) atoms. The number of H-pyrrole nitrogens is 1. The molecule has 0 radical (unpaired) electrons. The molecule has 1 atom stereocenters. The van der Waals surface area contributed by atoms with Gasteiger partial charge < -0.3 is 14.4 Å². The van der Waals surface area contributed by atoms with Crippen molar-refractivity contribution in [1.82, 2.24) is 24.5 Å². The number of ether oxygens (including phenoxy) is 1. The van der Waals surface area contributed by atoms with Crippen LogP contribution in [-0.4, -0.2) is 36.3 Å². The molecule has 1 aromatic carbocycles. The van der Waals surface area contributed by atoms with Gasteiger partial charge in [-0.05, 0) is 50.3 Å². The van der Waals surface area contributed by atoms with Crippen molar-refractivity contribution in [3.8, 4) is 5.75 Å². The molecular formula is C22H29N5O4. The molecule has 0 aliphatic rings. The molecule has 0 saturated heterocycles. The van der Waals surface area contributed by atoms with E-state index in [1.54, 1.807) is 10.9 Å². The van der Waals surface area contributed by atoms with Gasteiger partial charge in [-0.25, -0.2) is 9.48 Å². The Hall–Kier alpha value is -3.20. The van der Waals surface area contributed by atoms with Crippen LogP contribution in [0, 0.1) is 0 Å². The van der Waals surface area contributed by atoms with E-state index >= 15 is 0 Å². The van der Waals surface area contributed by atoms with Crippen molar-refractivity contribution in [2.45, 2.75) is 58.2 Å². The molecule has 0 aliphatic carbocycles. The number of nitrogens with zero attached hydrogens (tertiary/aromatic N) is 4. The third-order valence-corrected chi connectivity index (χ3v) is 5.36. The van der Waals surface area contributed by atoms with Gasteiger partial charge in [0, 0.05) is 18.8 Å². The van der Waals surface area contributed by atoms with Crippen LogP contribution in [0.15, 0.2) is 52.3 Å². The summed E-state index contributed by atoms with van der Waals surface area (Å²) in [5.41, 5.74) is -0.201. The molecule has 0 unspecified atom stereocenters. The lowest BCUT2D eigenvalue weighted by Crippen LogP contribution is -2.32. The largest absolute Gasteiger partial charge is 0.494 e. The summed E-state index contributed by atoms with van der Waals surface area (Å²) in [4.78, 5) is 25.2. The number of rotatable bonds is 11. The first-order valence-electron chi connectivity index (χ1n) is 10.6. The van der Waals surface area contributed by atoms with Crippen LogP contribution < -0.4 is 16.0 Å². The summed E-state index contributed by atoms with van der Waals surface area (Å²) in [5.74, 6) is 0.725. The van der Waals surface area contributed by atoms with Gasteiger partial charge in [0.2, 0.25) is 0 Å². The van der Waals surface area contributed by atoms with E-state index in [0.29, 0.717) is 26.0 Å². The lowest BCUT2D eigenvalue weighted by atomic mass is 9.90. The van der Waals surface area contributed by atoms with E-state index in [4.69, 9.17) is 4.74 Å². The Morgan fingerprint density at radius 3 is 2.77 bits per heavy atom. The Kier molecular flexibility index (Phi) is 7.41. The van der Waals surface area contributed by atoms with Crippen molar-refractivity contribution in [1.29, 1.82) is 0 Å². The van der Waals surface area contributed by atoms with Crippen molar-refractivity contribution < 1.29 is 9.84 Å². The van der Waals surface area contributed by atoms with Crippen LogP contribution in [0.1, 0.15) is 44.4 Å². The average molecular weight is 428 g/mol. The fraction of sp³-hybridized carbons (Fsp3) is 0.455. The summed E-state index contributed by atoms with van der Waals surface area (Å²) in [6.45, 7) is 5.22. The minimum atomic E-state index is -1.10. The third kappa shape index (κ3) is 5.69. The molecule has 9 nitrogen and oxygen atoms in total. The molecule has 0 saturated carbocycles. The standard InChI is InChI=1S/C22H29N5O4/c1-3-22(30,17-8-7-10-19(14-17)31-4-2)16-27-18(15-23-25-27)9-5-6-12-26-13-11-20(28)24-21(26)29/h7-8,10-11,13-15,30H,3-6,9,12,16H2,1-2H3,(H,24,28,29)/t22-/m1/s1. The van der Waals surface area contributed by atoms with Gasteiger partial charge in [0.1, 0.15) is 11.4 Å². The number of unbranched alkanes of at least 4 members (excludes halogenated alkanes) is 1. The smallest absolute Gasteiger partial charge is 0.328 e. The van der Waals surface area contributed by atoms with Gasteiger partial charge in [-0.1, -0.05) is 24.3 Å². The molecule has 2 heterocycles. The molecule has 0 bridgehead atoms. The van der Waals surface area contributed by atoms with Crippen LogP contribution in [0.3, 0.4) is 0 Å². The maximum absolute atomic E-state index is 11.8. The third-order valence-electron chi connectivity index (χ3n) is 5.36. The Bertz CT molecular complexity index is 1100. The Morgan fingerprint density at radius 1 is 1.19 bits per heavy atom. The second kappa shape index (κ2) is 10.2. The van der Waals surface area contributed by atoms with Crippen molar-refractivity contribution in [2.24, 2.45) is 0 Å². The minimum Gasteiger partial charge on any atom is -0.494 e. The Morgan fingerprint density at radius 2 is 2.03 bits per heavy atom. The molecule has 9 heteroatoms. The summed E-state index contributed by atoms with van der Waals surface area (Å²) in [7, 11) is 0. The lowest BCUT2D eigenvalue weighted by molar-refractivity contribution is 0.00951. The van der Waals surface area contributed by atoms with E-state index in [9.17, 15) is 14.7 Å². The van der Waals surface area contributed by atoms with E-state index < -0.39 is 16.9 Å². The predicted molar refractivity (Wildman–Crippen MR) is 116 cm³/mol. The number of hydrogen-bond acceptors (Lipinski definition) is 6. The van der Waals surface area contributed by atoms with Crippen molar-refractivity contribution in [3.05, 3.63) is 74.8 Å². The first kappa shape index (κ1) is 22.5. The Balaban J connectivity index is 1.64. The predicted octanol–water partition coefficient (Wildman–Crippen LogP) is 1.85. The van der Waals surface area contributed by atoms with Gasteiger partial charge in [0.05, 0.1) is 25.0 Å². The number of nitrogens with one attached hydrogen (secondary N) is 1. The zero-order valence-corrected chi connectivity index (χ0v) is 18.0. The highest BCUT2D eigenvalue weighted by molar-refractivity contribution is 5.32. The van der Waals surface area contributed by atoms with Crippen LogP contribution in [0.4, 0.5) is 0 Å². The molecule has 3 aromatic rings. The molecule has 0 aliphatic heterocycles. The fourth-order valence-electron chi connectivity index (χ4n) is 3.51. The number of hydrogen-bond donors (Lipinski definition) is 2. The van der Waals surface area contributed by atoms with Crippen LogP contribution in [0.2, 0.25) is 0 Å². The zero-order chi connectivity index (χ0) is 22.3. The van der Waals surface area contributed by atoms with Gasteiger partial charge in [0.25, 0.3) is 5.56 Å². The number of aliphatic hydroxyl groups is 1. The first-order chi connectivity index (χ1) is 14.9. The quantitative estimate of drug-likeness (QED) is 0.451. The fourth-order valence-corrected chi connectivity index (χ4v) is 3.51. The van der Waals surface area contributed by atoms with E-state index in [-0.39, 0.29) is 6.54 Å². The lowest BCUT2D eigenvalue weighted by Gasteiger charge is -2.28. The van der Waals surface area contributed by atoms with Crippen LogP contribution >= 0.6 is 0 Å². The van der Waals surface area contributed by atoms with Gasteiger partial charge in [-0.3, -0.25) is 9.78 Å². The van der Waals surface area contributed by atoms with E-state index in [0.717, 1.165) is 29.8 Å². The minimum absolute atomic E-state index is 0.286. The molecule has 2 aromatic heterocycles. The maximum atomic E-state index is 11.8. The van der Waals surface area contributed by atoms with Crippen molar-refractivity contribution >= 4 is 0 Å². The van der Waals surface area contributed by atoms with E-state index in [2.05, 4.69) is 15.3 Å². The highest BCUT2D eigenvalue weighted by atomic mass is 16.5. The molecule has 3 rings (SSSR count). The maximum Gasteiger partial charge on any atom is 0.328 e. The van der Waals surface area contributed by atoms with Gasteiger partial charge >= 0.3 is 5.69 Å². The van der Waals surface area contributed by atoms with Crippen LogP contribution in [0.25, 0.3) is 0 Å². The molecular weight excluding hydrogens is 398 g/mol. The number of benzene rings is 1. The average Bonchev–Trinajstić information content (AvgIpc) is 3.19. The van der Waals surface area contributed by atoms with E-state index in [1.165, 1.54) is 16.8 Å². The second-order valence-electron chi connectivity index (χ2n) is 7.49. The normalized spacial score (nSPS) is 13.1. The highest BCUT2D eigenvalue weighted by Crippen LogP contribution is 2.30. The SMILES string of the molecule is CCOc1cccc([C@@](O)(CC)Cn2nncc2CCCCn2ccc(=O)[nH]c2=O)c1. The second-order valence-corrected chi connectivity index (χ2v) is 7.49. The summed E-state index contributed by atoms with van der Waals surface area (Å²) >= 11 is 0. The summed E-state index contributed by atoms with van der Waals surface area (Å²) in [5, 5.41) is 19.5. The zero-order valence-electron chi connectivity index (χ0n) is 18.0. The number of aromatic nitrogens is 5. The highest BCUT2D eigenvalue weighted by Gasteiger charge is 2.29. The molecule has 0 amide bonds. The van der Waals surface area contributed by atoms with Gasteiger partial charge in [-0.2, -0.15) is 0 Å². The molecule has 0 fully saturated rings. The summed E-state index contributed by atoms with van der Waals surface area (Å²) < 4.78 is 8.80. The Labute approximate surface area is 180 Å². The number of aromatic amines is 1. The van der Waals surface area contributed by atoms with Crippen molar-refractivity contribution in [3.63, 3.8) is 0 Å². The molecule has 166 valence electrons. The van der Waals surface area contributed by atoms with E-state index in [1.807, 2.05) is 38.1 Å². The van der Waals surface area contributed by atoms with Gasteiger partial charge in [0.15, 0.2) is 0 Å². The van der Waals surface area contributed by atoms with Crippen molar-refractivity contribution in [2.75, 3.05) is 6.61 Å². The topological polar surface area (TPSA) is 115 Å². The summed E-state index contributed by atoms with van der Waals surface area (Å²) in [6.07, 6.45) is 6.00. The van der Waals surface area contributed by atoms with Gasteiger partial charge in [-0.15, -0.1) is 5.10 Å². The molecule has 2 N–H and O–H groups in total. The summed E-state index contributed by atoms with van der Waals surface area (Å²) in [6, 6.07) is 8.85. The monoisotopic (exact) mass is 427 g/mol. The van der Waals surface area contributed by atoms with Crippen LogP contribution in [0.5, 0.6) is 5.75 Å².